The second-order valence-corrected chi connectivity index (χ2v) is 5.79. The van der Waals surface area contributed by atoms with Gasteiger partial charge in [0.2, 0.25) is 0 Å². The average molecular weight is 344 g/mol. The van der Waals surface area contributed by atoms with Crippen LogP contribution in [0.15, 0.2) is 15.8 Å². The summed E-state index contributed by atoms with van der Waals surface area (Å²) in [6.45, 7) is 0.930. The van der Waals surface area contributed by atoms with Gasteiger partial charge in [-0.1, -0.05) is 0 Å². The number of phosphoric ester groups is 1. The molecule has 3 N–H and O–H groups in total. The van der Waals surface area contributed by atoms with Gasteiger partial charge >= 0.3 is 35.2 Å². The van der Waals surface area contributed by atoms with Gasteiger partial charge < -0.3 is 24.2 Å². The third-order valence-electron chi connectivity index (χ3n) is 3.09. The van der Waals surface area contributed by atoms with Crippen molar-refractivity contribution in [2.45, 2.75) is 31.8 Å². The zero-order valence-corrected chi connectivity index (χ0v) is 14.9. The van der Waals surface area contributed by atoms with Gasteiger partial charge in [0.25, 0.3) is 13.4 Å². The summed E-state index contributed by atoms with van der Waals surface area (Å²) in [5.41, 5.74) is -1.01. The number of H-pyrrole nitrogens is 1. The van der Waals surface area contributed by atoms with E-state index in [4.69, 9.17) is 14.7 Å². The van der Waals surface area contributed by atoms with Gasteiger partial charge in [-0.3, -0.25) is 18.9 Å². The van der Waals surface area contributed by atoms with E-state index in [0.717, 1.165) is 4.57 Å². The Morgan fingerprint density at radius 1 is 1.59 bits per heavy atom. The van der Waals surface area contributed by atoms with Gasteiger partial charge in [0, 0.05) is 18.2 Å². The van der Waals surface area contributed by atoms with Crippen molar-refractivity contribution in [3.05, 3.63) is 32.6 Å². The molecule has 4 atom stereocenters. The van der Waals surface area contributed by atoms with E-state index < -0.39 is 44.1 Å². The Morgan fingerprint density at radius 2 is 2.23 bits per heavy atom. The molecule has 12 heteroatoms. The summed E-state index contributed by atoms with van der Waals surface area (Å²) in [4.78, 5) is 44.6. The minimum Gasteiger partial charge on any atom is -0.756 e. The molecule has 0 saturated carbocycles. The number of aliphatic hydroxyl groups excluding tert-OH is 1. The average Bonchev–Trinajstić information content (AvgIpc) is 2.74. The summed E-state index contributed by atoms with van der Waals surface area (Å²) in [6.07, 6.45) is -1.92. The van der Waals surface area contributed by atoms with Gasteiger partial charge in [-0.25, -0.2) is 4.79 Å². The van der Waals surface area contributed by atoms with E-state index in [-0.39, 0.29) is 41.5 Å². The van der Waals surface area contributed by atoms with E-state index in [1.807, 2.05) is 0 Å². The predicted molar refractivity (Wildman–Crippen MR) is 66.4 cm³/mol. The van der Waals surface area contributed by atoms with E-state index >= 15 is 0 Å². The number of hydrogen-bond donors (Lipinski definition) is 3. The van der Waals surface area contributed by atoms with Crippen LogP contribution in [0.4, 0.5) is 0 Å². The molecule has 0 amide bonds. The number of ether oxygens (including phenoxy) is 1. The second kappa shape index (κ2) is 7.52. The molecule has 1 fully saturated rings. The first-order valence-corrected chi connectivity index (χ1v) is 7.51. The van der Waals surface area contributed by atoms with Crippen molar-refractivity contribution in [3.8, 4) is 0 Å². The standard InChI is InChI=1S/C10H15N2O8P.Na/c1-5-3-12(10(15)11-9(5)14)8-2-6(7(4-13)19-8)20-21(16,17)18;/h3,6-8,13H,2,4H2,1H3,(H,11,14,15)(H2,16,17,18);/q;+1/p-1/t6-,7+,8+;/m0./s1. The maximum atomic E-state index is 11.7. The maximum Gasteiger partial charge on any atom is 1.00 e. The number of nitrogens with one attached hydrogen (secondary N) is 1. The van der Waals surface area contributed by atoms with Crippen molar-refractivity contribution in [1.82, 2.24) is 9.55 Å². The number of aryl methyl sites for hydroxylation is 1. The smallest absolute Gasteiger partial charge is 0.756 e. The topological polar surface area (TPSA) is 154 Å². The van der Waals surface area contributed by atoms with E-state index in [0.29, 0.717) is 0 Å². The molecule has 2 heterocycles. The van der Waals surface area contributed by atoms with Gasteiger partial charge in [0.15, 0.2) is 0 Å². The van der Waals surface area contributed by atoms with Crippen molar-refractivity contribution in [3.63, 3.8) is 0 Å². The molecule has 0 bridgehead atoms. The molecule has 1 aliphatic heterocycles. The Hall–Kier alpha value is -0.290. The van der Waals surface area contributed by atoms with Crippen LogP contribution in [-0.4, -0.2) is 38.4 Å². The maximum absolute atomic E-state index is 11.7. The Kier molecular flexibility index (Phi) is 6.75. The van der Waals surface area contributed by atoms with Crippen molar-refractivity contribution in [2.24, 2.45) is 0 Å². The van der Waals surface area contributed by atoms with Gasteiger partial charge in [0.1, 0.15) is 12.3 Å². The van der Waals surface area contributed by atoms with Gasteiger partial charge in [0.05, 0.1) is 12.7 Å². The second-order valence-electron chi connectivity index (χ2n) is 4.64. The monoisotopic (exact) mass is 344 g/mol. The fourth-order valence-corrected chi connectivity index (χ4v) is 2.68. The van der Waals surface area contributed by atoms with Gasteiger partial charge in [-0.05, 0) is 6.92 Å². The van der Waals surface area contributed by atoms with E-state index in [9.17, 15) is 19.0 Å². The Morgan fingerprint density at radius 3 is 2.77 bits per heavy atom. The molecule has 1 aromatic heterocycles. The number of hydrogen-bond acceptors (Lipinski definition) is 7. The third-order valence-corrected chi connectivity index (χ3v) is 3.62. The van der Waals surface area contributed by atoms with Crippen LogP contribution in [0.1, 0.15) is 18.2 Å². The zero-order chi connectivity index (χ0) is 15.8. The molecule has 118 valence electrons. The van der Waals surface area contributed by atoms with E-state index in [1.54, 1.807) is 0 Å². The van der Waals surface area contributed by atoms with Gasteiger partial charge in [-0.15, -0.1) is 0 Å². The number of rotatable bonds is 4. The van der Waals surface area contributed by atoms with Crippen LogP contribution < -0.4 is 45.7 Å². The van der Waals surface area contributed by atoms with Crippen LogP contribution in [0, 0.1) is 6.92 Å². The summed E-state index contributed by atoms with van der Waals surface area (Å²) in [6, 6.07) is 0. The molecule has 22 heavy (non-hydrogen) atoms. The summed E-state index contributed by atoms with van der Waals surface area (Å²) < 4.78 is 21.6. The van der Waals surface area contributed by atoms with E-state index in [2.05, 4.69) is 9.51 Å². The summed E-state index contributed by atoms with van der Waals surface area (Å²) in [5.74, 6) is 0. The summed E-state index contributed by atoms with van der Waals surface area (Å²) >= 11 is 0. The molecule has 10 nitrogen and oxygen atoms in total. The molecule has 0 aliphatic carbocycles. The van der Waals surface area contributed by atoms with Crippen LogP contribution in [0.25, 0.3) is 0 Å². The molecule has 1 unspecified atom stereocenters. The fraction of sp³-hybridized carbons (Fsp3) is 0.600. The van der Waals surface area contributed by atoms with E-state index in [1.165, 1.54) is 13.1 Å². The number of aliphatic hydroxyl groups is 1. The Bertz CT molecular complexity index is 682. The number of aromatic amines is 1. The minimum absolute atomic E-state index is 0. The van der Waals surface area contributed by atoms with Gasteiger partial charge in [-0.2, -0.15) is 0 Å². The number of nitrogens with zero attached hydrogens (tertiary/aromatic N) is 1. The van der Waals surface area contributed by atoms with Crippen LogP contribution in [-0.2, 0) is 13.8 Å². The van der Waals surface area contributed by atoms with Crippen molar-refractivity contribution in [1.29, 1.82) is 0 Å². The molecule has 1 saturated heterocycles. The fourth-order valence-electron chi connectivity index (χ4n) is 2.12. The first-order valence-electron chi connectivity index (χ1n) is 6.02. The number of aromatic nitrogens is 2. The molecular weight excluding hydrogens is 330 g/mol. The number of phosphoric acid groups is 1. The molecule has 1 aromatic rings. The first kappa shape index (κ1) is 19.8. The Labute approximate surface area is 146 Å². The predicted octanol–water partition coefficient (Wildman–Crippen LogP) is -5.03. The summed E-state index contributed by atoms with van der Waals surface area (Å²) in [7, 11) is -5.00. The van der Waals surface area contributed by atoms with Crippen LogP contribution >= 0.6 is 7.82 Å². The molecule has 1 aliphatic rings. The van der Waals surface area contributed by atoms with Crippen LogP contribution in [0.2, 0.25) is 0 Å². The molecule has 0 aromatic carbocycles. The third kappa shape index (κ3) is 4.60. The van der Waals surface area contributed by atoms with Crippen LogP contribution in [0.3, 0.4) is 0 Å². The normalized spacial score (nSPS) is 27.2. The molecule has 0 radical (unpaired) electrons. The quantitative estimate of drug-likeness (QED) is 0.362. The zero-order valence-electron chi connectivity index (χ0n) is 12.0. The van der Waals surface area contributed by atoms with Crippen LogP contribution in [0.5, 0.6) is 0 Å². The molecule has 0 spiro atoms. The van der Waals surface area contributed by atoms with Crippen molar-refractivity contribution >= 4 is 7.82 Å². The SMILES string of the molecule is Cc1cn([C@H]2C[C@H](OP(=O)([O-])O)[C@@H](CO)O2)c(=O)[nH]c1=O.[Na+]. The molecule has 2 rings (SSSR count). The van der Waals surface area contributed by atoms with Crippen molar-refractivity contribution in [2.75, 3.05) is 6.61 Å². The largest absolute Gasteiger partial charge is 1.00 e. The Balaban J connectivity index is 0.00000242. The summed E-state index contributed by atoms with van der Waals surface area (Å²) in [5, 5.41) is 9.14. The first-order chi connectivity index (χ1) is 9.71. The minimum atomic E-state index is -5.00. The molecular formula is C10H14N2NaO8P. The van der Waals surface area contributed by atoms with Crippen molar-refractivity contribution < 1.29 is 58.3 Å².